The van der Waals surface area contributed by atoms with E-state index in [2.05, 4.69) is 44.2 Å². The van der Waals surface area contributed by atoms with Crippen molar-refractivity contribution in [3.8, 4) is 0 Å². The second kappa shape index (κ2) is 5.27. The molecule has 0 aliphatic rings. The Labute approximate surface area is 109 Å². The predicted octanol–water partition coefficient (Wildman–Crippen LogP) is 3.47. The van der Waals surface area contributed by atoms with E-state index in [-0.39, 0.29) is 0 Å². The van der Waals surface area contributed by atoms with E-state index in [4.69, 9.17) is 0 Å². The maximum absolute atomic E-state index is 4.35. The first kappa shape index (κ1) is 12.0. The lowest BCUT2D eigenvalue weighted by atomic mass is 10.1. The van der Waals surface area contributed by atoms with Crippen LogP contribution < -0.4 is 5.32 Å². The molecular weight excluding hydrogens is 278 g/mol. The lowest BCUT2D eigenvalue weighted by Crippen LogP contribution is -2.04. The van der Waals surface area contributed by atoms with Crippen LogP contribution in [0.2, 0.25) is 0 Å². The van der Waals surface area contributed by atoms with E-state index in [0.29, 0.717) is 0 Å². The summed E-state index contributed by atoms with van der Waals surface area (Å²) >= 11 is 3.41. The summed E-state index contributed by atoms with van der Waals surface area (Å²) in [5.41, 5.74) is 3.56. The molecule has 0 spiro atoms. The van der Waals surface area contributed by atoms with Gasteiger partial charge in [0.15, 0.2) is 0 Å². The topological polar surface area (TPSA) is 37.8 Å². The fourth-order valence-electron chi connectivity index (χ4n) is 1.61. The van der Waals surface area contributed by atoms with E-state index >= 15 is 0 Å². The van der Waals surface area contributed by atoms with Crippen molar-refractivity contribution in [2.75, 3.05) is 5.32 Å². The van der Waals surface area contributed by atoms with Crippen LogP contribution in [0.1, 0.15) is 16.7 Å². The normalized spacial score (nSPS) is 10.3. The summed E-state index contributed by atoms with van der Waals surface area (Å²) in [6, 6.07) is 4.07. The minimum Gasteiger partial charge on any atom is -0.366 e. The van der Waals surface area contributed by atoms with Gasteiger partial charge in [-0.25, -0.2) is 4.98 Å². The van der Waals surface area contributed by atoms with E-state index < -0.39 is 0 Å². The molecular formula is C13H14BrN3. The molecule has 0 aliphatic heterocycles. The van der Waals surface area contributed by atoms with Gasteiger partial charge < -0.3 is 5.32 Å². The molecule has 2 aromatic heterocycles. The number of hydrogen-bond donors (Lipinski definition) is 1. The van der Waals surface area contributed by atoms with Gasteiger partial charge in [-0.3, -0.25) is 4.98 Å². The Bertz CT molecular complexity index is 526. The average molecular weight is 292 g/mol. The van der Waals surface area contributed by atoms with Gasteiger partial charge in [0.25, 0.3) is 0 Å². The number of aromatic nitrogens is 2. The fourth-order valence-corrected chi connectivity index (χ4v) is 2.05. The minimum absolute atomic E-state index is 0.768. The monoisotopic (exact) mass is 291 g/mol. The van der Waals surface area contributed by atoms with Gasteiger partial charge in [-0.2, -0.15) is 0 Å². The van der Waals surface area contributed by atoms with Crippen molar-refractivity contribution < 1.29 is 0 Å². The summed E-state index contributed by atoms with van der Waals surface area (Å²) in [4.78, 5) is 8.43. The highest BCUT2D eigenvalue weighted by Gasteiger charge is 2.02. The summed E-state index contributed by atoms with van der Waals surface area (Å²) in [7, 11) is 0. The molecule has 0 unspecified atom stereocenters. The van der Waals surface area contributed by atoms with E-state index in [9.17, 15) is 0 Å². The second-order valence-corrected chi connectivity index (χ2v) is 4.89. The lowest BCUT2D eigenvalue weighted by molar-refractivity contribution is 1.06. The Hall–Kier alpha value is -1.42. The van der Waals surface area contributed by atoms with Crippen LogP contribution in [0.5, 0.6) is 0 Å². The van der Waals surface area contributed by atoms with Crippen molar-refractivity contribution in [3.63, 3.8) is 0 Å². The predicted molar refractivity (Wildman–Crippen MR) is 73.0 cm³/mol. The number of anilines is 1. The van der Waals surface area contributed by atoms with Crippen LogP contribution in [0, 0.1) is 13.8 Å². The highest BCUT2D eigenvalue weighted by atomic mass is 79.9. The van der Waals surface area contributed by atoms with Crippen LogP contribution >= 0.6 is 15.9 Å². The van der Waals surface area contributed by atoms with Crippen LogP contribution in [0.15, 0.2) is 35.2 Å². The molecule has 1 N–H and O–H groups in total. The SMILES string of the molecule is Cc1cnccc1CNc1ncc(Br)cc1C. The Morgan fingerprint density at radius 1 is 1.24 bits per heavy atom. The standard InChI is InChI=1S/C13H14BrN3/c1-9-5-12(14)8-17-13(9)16-7-11-3-4-15-6-10(11)2/h3-6,8H,7H2,1-2H3,(H,16,17). The second-order valence-electron chi connectivity index (χ2n) is 3.97. The number of nitrogens with one attached hydrogen (secondary N) is 1. The van der Waals surface area contributed by atoms with Gasteiger partial charge in [-0.05, 0) is 58.6 Å². The third-order valence-corrected chi connectivity index (χ3v) is 3.06. The van der Waals surface area contributed by atoms with E-state index in [1.54, 1.807) is 6.20 Å². The maximum atomic E-state index is 4.35. The van der Waals surface area contributed by atoms with Gasteiger partial charge in [0.05, 0.1) is 0 Å². The molecule has 2 aromatic rings. The molecule has 4 heteroatoms. The Balaban J connectivity index is 2.10. The van der Waals surface area contributed by atoms with Crippen molar-refractivity contribution in [1.29, 1.82) is 0 Å². The highest BCUT2D eigenvalue weighted by Crippen LogP contribution is 2.17. The molecule has 0 amide bonds. The summed E-state index contributed by atoms with van der Waals surface area (Å²) in [5, 5.41) is 3.34. The highest BCUT2D eigenvalue weighted by molar-refractivity contribution is 9.10. The molecule has 0 radical (unpaired) electrons. The molecule has 0 saturated carbocycles. The van der Waals surface area contributed by atoms with Gasteiger partial charge in [0, 0.05) is 29.6 Å². The fraction of sp³-hybridized carbons (Fsp3) is 0.231. The van der Waals surface area contributed by atoms with Crippen LogP contribution in [0.3, 0.4) is 0 Å². The Kier molecular flexibility index (Phi) is 3.74. The number of rotatable bonds is 3. The van der Waals surface area contributed by atoms with E-state index in [1.807, 2.05) is 25.4 Å². The molecule has 2 heterocycles. The van der Waals surface area contributed by atoms with Gasteiger partial charge >= 0.3 is 0 Å². The third kappa shape index (κ3) is 3.03. The number of aryl methyl sites for hydroxylation is 2. The summed E-state index contributed by atoms with van der Waals surface area (Å²) < 4.78 is 1.00. The van der Waals surface area contributed by atoms with Gasteiger partial charge in [0.1, 0.15) is 5.82 Å². The first-order chi connectivity index (χ1) is 8.16. The molecule has 88 valence electrons. The quantitative estimate of drug-likeness (QED) is 0.941. The largest absolute Gasteiger partial charge is 0.366 e. The van der Waals surface area contributed by atoms with Gasteiger partial charge in [0.2, 0.25) is 0 Å². The van der Waals surface area contributed by atoms with Crippen LogP contribution in [0.25, 0.3) is 0 Å². The van der Waals surface area contributed by atoms with Crippen molar-refractivity contribution in [3.05, 3.63) is 51.9 Å². The number of pyridine rings is 2. The summed E-state index contributed by atoms with van der Waals surface area (Å²) in [6.45, 7) is 4.87. The van der Waals surface area contributed by atoms with Crippen molar-refractivity contribution in [2.45, 2.75) is 20.4 Å². The first-order valence-electron chi connectivity index (χ1n) is 5.42. The smallest absolute Gasteiger partial charge is 0.129 e. The molecule has 3 nitrogen and oxygen atoms in total. The molecule has 0 bridgehead atoms. The Morgan fingerprint density at radius 2 is 2.06 bits per heavy atom. The van der Waals surface area contributed by atoms with Crippen molar-refractivity contribution in [2.24, 2.45) is 0 Å². The average Bonchev–Trinajstić information content (AvgIpc) is 2.30. The van der Waals surface area contributed by atoms with Crippen LogP contribution in [-0.2, 0) is 6.54 Å². The molecule has 17 heavy (non-hydrogen) atoms. The summed E-state index contributed by atoms with van der Waals surface area (Å²) in [6.07, 6.45) is 5.49. The molecule has 2 rings (SSSR count). The third-order valence-electron chi connectivity index (χ3n) is 2.63. The first-order valence-corrected chi connectivity index (χ1v) is 6.21. The van der Waals surface area contributed by atoms with Crippen molar-refractivity contribution in [1.82, 2.24) is 9.97 Å². The van der Waals surface area contributed by atoms with Crippen molar-refractivity contribution >= 4 is 21.7 Å². The van der Waals surface area contributed by atoms with Gasteiger partial charge in [-0.1, -0.05) is 0 Å². The van der Waals surface area contributed by atoms with E-state index in [1.165, 1.54) is 11.1 Å². The zero-order valence-electron chi connectivity index (χ0n) is 9.87. The number of nitrogens with zero attached hydrogens (tertiary/aromatic N) is 2. The molecule has 0 atom stereocenters. The molecule has 0 saturated heterocycles. The number of halogens is 1. The van der Waals surface area contributed by atoms with Gasteiger partial charge in [-0.15, -0.1) is 0 Å². The molecule has 0 aliphatic carbocycles. The van der Waals surface area contributed by atoms with Crippen LogP contribution in [0.4, 0.5) is 5.82 Å². The zero-order valence-corrected chi connectivity index (χ0v) is 11.5. The maximum Gasteiger partial charge on any atom is 0.129 e. The minimum atomic E-state index is 0.768. The molecule has 0 fully saturated rings. The molecule has 0 aromatic carbocycles. The zero-order chi connectivity index (χ0) is 12.3. The lowest BCUT2D eigenvalue weighted by Gasteiger charge is -2.10. The number of hydrogen-bond acceptors (Lipinski definition) is 3. The van der Waals surface area contributed by atoms with E-state index in [0.717, 1.165) is 22.4 Å². The Morgan fingerprint density at radius 3 is 2.76 bits per heavy atom. The van der Waals surface area contributed by atoms with Crippen LogP contribution in [-0.4, -0.2) is 9.97 Å². The summed E-state index contributed by atoms with van der Waals surface area (Å²) in [5.74, 6) is 0.921.